The summed E-state index contributed by atoms with van der Waals surface area (Å²) in [5.41, 5.74) is 0.299. The minimum atomic E-state index is -0.745. The molecule has 3 aromatic rings. The molecule has 25 heavy (non-hydrogen) atoms. The highest BCUT2D eigenvalue weighted by molar-refractivity contribution is 5.79. The van der Waals surface area contributed by atoms with Crippen LogP contribution in [0.1, 0.15) is 18.5 Å². The zero-order chi connectivity index (χ0) is 18.0. The number of rotatable bonds is 4. The fraction of sp³-hybridized carbons (Fsp3) is 0.222. The lowest BCUT2D eigenvalue weighted by Gasteiger charge is -2.16. The summed E-state index contributed by atoms with van der Waals surface area (Å²) in [7, 11) is 1.49. The van der Waals surface area contributed by atoms with Gasteiger partial charge in [0.05, 0.1) is 11.6 Å². The molecule has 0 bridgehead atoms. The quantitative estimate of drug-likeness (QED) is 0.718. The van der Waals surface area contributed by atoms with Crippen molar-refractivity contribution in [1.82, 2.24) is 19.4 Å². The Hall–Kier alpha value is -3.22. The molecule has 0 saturated heterocycles. The average Bonchev–Trinajstić information content (AvgIpc) is 2.64. The second kappa shape index (κ2) is 6.72. The van der Waals surface area contributed by atoms with E-state index in [0.29, 0.717) is 11.2 Å². The van der Waals surface area contributed by atoms with E-state index in [1.807, 2.05) is 37.3 Å². The fourth-order valence-electron chi connectivity index (χ4n) is 2.73. The van der Waals surface area contributed by atoms with Crippen LogP contribution in [0.4, 0.5) is 0 Å². The summed E-state index contributed by atoms with van der Waals surface area (Å²) in [4.78, 5) is 40.9. The minimum Gasteiger partial charge on any atom is -0.348 e. The van der Waals surface area contributed by atoms with Crippen molar-refractivity contribution in [2.75, 3.05) is 0 Å². The van der Waals surface area contributed by atoms with Crippen molar-refractivity contribution >= 4 is 17.1 Å². The predicted octanol–water partition coefficient (Wildman–Crippen LogP) is 0.973. The second-order valence-corrected chi connectivity index (χ2v) is 5.80. The van der Waals surface area contributed by atoms with Gasteiger partial charge in [-0.05, 0) is 24.6 Å². The molecular formula is C18H18N4O3. The summed E-state index contributed by atoms with van der Waals surface area (Å²) in [5.74, 6) is -0.350. The molecule has 1 amide bonds. The van der Waals surface area contributed by atoms with Gasteiger partial charge >= 0.3 is 11.1 Å². The number of hydrogen-bond donors (Lipinski definition) is 1. The highest BCUT2D eigenvalue weighted by atomic mass is 16.2. The Morgan fingerprint density at radius 2 is 1.84 bits per heavy atom. The van der Waals surface area contributed by atoms with Gasteiger partial charge in [0, 0.05) is 13.2 Å². The van der Waals surface area contributed by atoms with E-state index in [2.05, 4.69) is 10.3 Å². The van der Waals surface area contributed by atoms with E-state index in [-0.39, 0.29) is 18.5 Å². The first-order valence-corrected chi connectivity index (χ1v) is 7.88. The Labute approximate surface area is 143 Å². The largest absolute Gasteiger partial charge is 0.348 e. The summed E-state index contributed by atoms with van der Waals surface area (Å²) >= 11 is 0. The number of aryl methyl sites for hydroxylation is 1. The number of nitrogens with one attached hydrogen (secondary N) is 1. The van der Waals surface area contributed by atoms with Crippen molar-refractivity contribution in [3.8, 4) is 0 Å². The standard InChI is InChI=1S/C18H18N4O3/c1-12(13-7-4-3-5-8-13)20-15(23)11-22-14-9-6-10-19-16(14)21(2)17(24)18(22)25/h3-10,12H,11H2,1-2H3,(H,20,23)/t12-/m1/s1. The summed E-state index contributed by atoms with van der Waals surface area (Å²) in [6.07, 6.45) is 1.54. The number of carbonyl (C=O) groups excluding carboxylic acids is 1. The van der Waals surface area contributed by atoms with Crippen molar-refractivity contribution in [2.45, 2.75) is 19.5 Å². The third-order valence-corrected chi connectivity index (χ3v) is 4.09. The van der Waals surface area contributed by atoms with E-state index in [9.17, 15) is 14.4 Å². The number of fused-ring (bicyclic) bond motifs is 1. The molecule has 1 atom stereocenters. The van der Waals surface area contributed by atoms with E-state index in [1.54, 1.807) is 12.1 Å². The molecule has 128 valence electrons. The van der Waals surface area contributed by atoms with Gasteiger partial charge in [0.1, 0.15) is 6.54 Å². The molecule has 1 N–H and O–H groups in total. The Morgan fingerprint density at radius 3 is 2.56 bits per heavy atom. The van der Waals surface area contributed by atoms with E-state index < -0.39 is 11.1 Å². The number of amides is 1. The Kier molecular flexibility index (Phi) is 4.47. The third-order valence-electron chi connectivity index (χ3n) is 4.09. The van der Waals surface area contributed by atoms with E-state index in [0.717, 1.165) is 10.1 Å². The van der Waals surface area contributed by atoms with Crippen molar-refractivity contribution in [2.24, 2.45) is 7.05 Å². The van der Waals surface area contributed by atoms with Gasteiger partial charge in [-0.2, -0.15) is 0 Å². The normalized spacial score (nSPS) is 12.1. The highest BCUT2D eigenvalue weighted by Crippen LogP contribution is 2.11. The maximum Gasteiger partial charge on any atom is 0.317 e. The second-order valence-electron chi connectivity index (χ2n) is 5.80. The lowest BCUT2D eigenvalue weighted by molar-refractivity contribution is -0.122. The van der Waals surface area contributed by atoms with Gasteiger partial charge in [-0.15, -0.1) is 0 Å². The smallest absolute Gasteiger partial charge is 0.317 e. The van der Waals surface area contributed by atoms with Gasteiger partial charge in [-0.1, -0.05) is 30.3 Å². The van der Waals surface area contributed by atoms with E-state index in [4.69, 9.17) is 0 Å². The monoisotopic (exact) mass is 338 g/mol. The number of benzene rings is 1. The van der Waals surface area contributed by atoms with Crippen LogP contribution in [-0.4, -0.2) is 20.0 Å². The first kappa shape index (κ1) is 16.6. The Balaban J connectivity index is 1.92. The molecule has 2 aromatic heterocycles. The number of nitrogens with zero attached hydrogens (tertiary/aromatic N) is 3. The van der Waals surface area contributed by atoms with Crippen LogP contribution < -0.4 is 16.4 Å². The maximum absolute atomic E-state index is 12.4. The SMILES string of the molecule is C[C@@H](NC(=O)Cn1c(=O)c(=O)n(C)c2ncccc21)c1ccccc1. The van der Waals surface area contributed by atoms with Crippen molar-refractivity contribution in [3.63, 3.8) is 0 Å². The van der Waals surface area contributed by atoms with Crippen LogP contribution in [0.3, 0.4) is 0 Å². The number of carbonyl (C=O) groups is 1. The average molecular weight is 338 g/mol. The number of pyridine rings is 1. The molecule has 0 aliphatic rings. The maximum atomic E-state index is 12.4. The molecule has 0 fully saturated rings. The van der Waals surface area contributed by atoms with Crippen molar-refractivity contribution < 1.29 is 4.79 Å². The third kappa shape index (κ3) is 3.21. The molecule has 0 aliphatic heterocycles. The summed E-state index contributed by atoms with van der Waals surface area (Å²) in [5, 5.41) is 2.84. The van der Waals surface area contributed by atoms with Gasteiger partial charge in [-0.3, -0.25) is 23.5 Å². The molecule has 0 radical (unpaired) electrons. The lowest BCUT2D eigenvalue weighted by atomic mass is 10.1. The first-order valence-electron chi connectivity index (χ1n) is 7.88. The Bertz CT molecular complexity index is 1040. The fourth-order valence-corrected chi connectivity index (χ4v) is 2.73. The molecule has 0 spiro atoms. The van der Waals surface area contributed by atoms with Gasteiger partial charge < -0.3 is 5.32 Å². The van der Waals surface area contributed by atoms with Gasteiger partial charge in [-0.25, -0.2) is 4.98 Å². The molecule has 2 heterocycles. The summed E-state index contributed by atoms with van der Waals surface area (Å²) < 4.78 is 2.36. The van der Waals surface area contributed by atoms with Crippen LogP contribution in [0.15, 0.2) is 58.3 Å². The number of aromatic nitrogens is 3. The van der Waals surface area contributed by atoms with E-state index >= 15 is 0 Å². The van der Waals surface area contributed by atoms with Crippen molar-refractivity contribution in [3.05, 3.63) is 74.9 Å². The predicted molar refractivity (Wildman–Crippen MR) is 94.2 cm³/mol. The molecule has 7 heteroatoms. The van der Waals surface area contributed by atoms with Crippen LogP contribution in [0.25, 0.3) is 11.2 Å². The van der Waals surface area contributed by atoms with Gasteiger partial charge in [0.25, 0.3) is 0 Å². The molecule has 7 nitrogen and oxygen atoms in total. The van der Waals surface area contributed by atoms with Gasteiger partial charge in [0.2, 0.25) is 5.91 Å². The molecule has 1 aromatic carbocycles. The zero-order valence-electron chi connectivity index (χ0n) is 14.0. The molecular weight excluding hydrogens is 320 g/mol. The van der Waals surface area contributed by atoms with Crippen LogP contribution in [0.5, 0.6) is 0 Å². The van der Waals surface area contributed by atoms with Crippen LogP contribution >= 0.6 is 0 Å². The summed E-state index contributed by atoms with van der Waals surface area (Å²) in [6.45, 7) is 1.62. The van der Waals surface area contributed by atoms with Crippen LogP contribution in [0.2, 0.25) is 0 Å². The zero-order valence-corrected chi connectivity index (χ0v) is 14.0. The Morgan fingerprint density at radius 1 is 1.12 bits per heavy atom. The van der Waals surface area contributed by atoms with Crippen LogP contribution in [0, 0.1) is 0 Å². The molecule has 0 unspecified atom stereocenters. The highest BCUT2D eigenvalue weighted by Gasteiger charge is 2.15. The summed E-state index contributed by atoms with van der Waals surface area (Å²) in [6, 6.07) is 12.6. The number of hydrogen-bond acceptors (Lipinski definition) is 4. The molecule has 0 saturated carbocycles. The van der Waals surface area contributed by atoms with Crippen LogP contribution in [-0.2, 0) is 18.4 Å². The minimum absolute atomic E-state index is 0.208. The molecule has 0 aliphatic carbocycles. The van der Waals surface area contributed by atoms with E-state index in [1.165, 1.54) is 17.8 Å². The first-order chi connectivity index (χ1) is 12.0. The molecule has 3 rings (SSSR count). The van der Waals surface area contributed by atoms with Gasteiger partial charge in [0.15, 0.2) is 5.65 Å². The topological polar surface area (TPSA) is 86.0 Å². The lowest BCUT2D eigenvalue weighted by Crippen LogP contribution is -2.43. The van der Waals surface area contributed by atoms with Crippen molar-refractivity contribution in [1.29, 1.82) is 0 Å².